The van der Waals surface area contributed by atoms with Gasteiger partial charge in [0.05, 0.1) is 14.2 Å². The van der Waals surface area contributed by atoms with Crippen LogP contribution < -0.4 is 19.9 Å². The van der Waals surface area contributed by atoms with Crippen molar-refractivity contribution in [2.75, 3.05) is 33.9 Å². The third kappa shape index (κ3) is 4.71. The molecule has 6 heteroatoms. The first-order chi connectivity index (χ1) is 13.1. The number of hydrogen-bond acceptors (Lipinski definition) is 5. The largest absolute Gasteiger partial charge is 0.493 e. The number of amides is 1. The summed E-state index contributed by atoms with van der Waals surface area (Å²) in [6, 6.07) is 13.9. The Hall–Kier alpha value is -2.73. The fourth-order valence-electron chi connectivity index (χ4n) is 3.61. The van der Waals surface area contributed by atoms with E-state index in [1.165, 1.54) is 5.56 Å². The van der Waals surface area contributed by atoms with Crippen LogP contribution >= 0.6 is 0 Å². The second-order valence-corrected chi connectivity index (χ2v) is 6.71. The maximum absolute atomic E-state index is 10.9. The fraction of sp³-hybridized carbons (Fsp3) is 0.381. The van der Waals surface area contributed by atoms with Crippen LogP contribution in [0.5, 0.6) is 17.2 Å². The first-order valence-corrected chi connectivity index (χ1v) is 9.04. The summed E-state index contributed by atoms with van der Waals surface area (Å²) >= 11 is 0. The van der Waals surface area contributed by atoms with Gasteiger partial charge in [0.25, 0.3) is 5.91 Å². The van der Waals surface area contributed by atoms with Gasteiger partial charge in [0, 0.05) is 24.6 Å². The predicted octanol–water partition coefficient (Wildman–Crippen LogP) is 2.56. The minimum atomic E-state index is -0.477. The van der Waals surface area contributed by atoms with E-state index in [9.17, 15) is 4.79 Å². The molecule has 2 aromatic carbocycles. The van der Waals surface area contributed by atoms with E-state index in [1.54, 1.807) is 14.2 Å². The average molecular weight is 370 g/mol. The number of nitrogens with zero attached hydrogens (tertiary/aromatic N) is 1. The van der Waals surface area contributed by atoms with E-state index in [0.29, 0.717) is 11.7 Å². The van der Waals surface area contributed by atoms with E-state index < -0.39 is 5.91 Å². The van der Waals surface area contributed by atoms with E-state index >= 15 is 0 Å². The third-order valence-corrected chi connectivity index (χ3v) is 4.83. The number of carbonyl (C=O) groups is 1. The smallest absolute Gasteiger partial charge is 0.255 e. The Kier molecular flexibility index (Phi) is 6.19. The number of methoxy groups -OCH3 is 2. The van der Waals surface area contributed by atoms with Gasteiger partial charge in [-0.2, -0.15) is 0 Å². The molecule has 2 N–H and O–H groups in total. The molecule has 0 saturated carbocycles. The highest BCUT2D eigenvalue weighted by Crippen LogP contribution is 2.39. The zero-order chi connectivity index (χ0) is 19.2. The molecule has 0 aliphatic carbocycles. The van der Waals surface area contributed by atoms with Crippen molar-refractivity contribution < 1.29 is 19.0 Å². The monoisotopic (exact) mass is 370 g/mol. The lowest BCUT2D eigenvalue weighted by atomic mass is 9.97. The summed E-state index contributed by atoms with van der Waals surface area (Å²) in [5, 5.41) is 0. The molecule has 1 unspecified atom stereocenters. The zero-order valence-electron chi connectivity index (χ0n) is 15.8. The molecular weight excluding hydrogens is 344 g/mol. The standard InChI is InChI=1S/C21H26N2O4/c1-25-19-8-4-7-18(21(19)26-2)16-9-10-23(13-16)12-15-5-3-6-17(11-15)27-14-20(22)24/h3-8,11,16H,9-10,12-14H2,1-2H3,(H2,22,24). The van der Waals surface area contributed by atoms with Crippen LogP contribution in [0.25, 0.3) is 0 Å². The molecule has 0 aromatic heterocycles. The maximum atomic E-state index is 10.9. The van der Waals surface area contributed by atoms with E-state index in [0.717, 1.165) is 43.1 Å². The SMILES string of the molecule is COc1cccc(C2CCN(Cc3cccc(OCC(N)=O)c3)C2)c1OC. The Morgan fingerprint density at radius 1 is 1.19 bits per heavy atom. The van der Waals surface area contributed by atoms with Crippen molar-refractivity contribution in [1.82, 2.24) is 4.90 Å². The van der Waals surface area contributed by atoms with Crippen molar-refractivity contribution >= 4 is 5.91 Å². The lowest BCUT2D eigenvalue weighted by Gasteiger charge is -2.19. The topological polar surface area (TPSA) is 74.0 Å². The molecule has 0 radical (unpaired) electrons. The summed E-state index contributed by atoms with van der Waals surface area (Å²) in [6.07, 6.45) is 1.07. The summed E-state index contributed by atoms with van der Waals surface area (Å²) in [7, 11) is 3.35. The highest BCUT2D eigenvalue weighted by atomic mass is 16.5. The Balaban J connectivity index is 1.65. The lowest BCUT2D eigenvalue weighted by molar-refractivity contribution is -0.119. The van der Waals surface area contributed by atoms with E-state index in [2.05, 4.69) is 17.0 Å². The molecular formula is C21H26N2O4. The van der Waals surface area contributed by atoms with E-state index in [-0.39, 0.29) is 6.61 Å². The van der Waals surface area contributed by atoms with E-state index in [4.69, 9.17) is 19.9 Å². The second-order valence-electron chi connectivity index (χ2n) is 6.71. The summed E-state index contributed by atoms with van der Waals surface area (Å²) < 4.78 is 16.4. The molecule has 1 atom stereocenters. The van der Waals surface area contributed by atoms with Crippen LogP contribution in [0.2, 0.25) is 0 Å². The average Bonchev–Trinajstić information content (AvgIpc) is 3.14. The summed E-state index contributed by atoms with van der Waals surface area (Å²) in [4.78, 5) is 13.3. The molecule has 1 aliphatic rings. The van der Waals surface area contributed by atoms with Gasteiger partial charge in [0.2, 0.25) is 0 Å². The molecule has 0 bridgehead atoms. The number of benzene rings is 2. The minimum Gasteiger partial charge on any atom is -0.493 e. The molecule has 0 spiro atoms. The van der Waals surface area contributed by atoms with Gasteiger partial charge in [-0.05, 0) is 36.7 Å². The molecule has 2 aromatic rings. The number of rotatable bonds is 8. The minimum absolute atomic E-state index is 0.106. The van der Waals surface area contributed by atoms with Crippen LogP contribution in [-0.4, -0.2) is 44.7 Å². The zero-order valence-corrected chi connectivity index (χ0v) is 15.8. The van der Waals surface area contributed by atoms with Gasteiger partial charge in [-0.25, -0.2) is 0 Å². The normalized spacial score (nSPS) is 16.9. The van der Waals surface area contributed by atoms with Crippen LogP contribution in [0.4, 0.5) is 0 Å². The van der Waals surface area contributed by atoms with Gasteiger partial charge in [-0.1, -0.05) is 24.3 Å². The molecule has 1 saturated heterocycles. The fourth-order valence-corrected chi connectivity index (χ4v) is 3.61. The molecule has 1 heterocycles. The van der Waals surface area contributed by atoms with Gasteiger partial charge >= 0.3 is 0 Å². The highest BCUT2D eigenvalue weighted by Gasteiger charge is 2.27. The molecule has 144 valence electrons. The van der Waals surface area contributed by atoms with Crippen LogP contribution in [0.3, 0.4) is 0 Å². The predicted molar refractivity (Wildman–Crippen MR) is 103 cm³/mol. The van der Waals surface area contributed by atoms with Crippen molar-refractivity contribution in [1.29, 1.82) is 0 Å². The number of primary amides is 1. The summed E-state index contributed by atoms with van der Waals surface area (Å²) in [5.74, 6) is 2.19. The van der Waals surface area contributed by atoms with Gasteiger partial charge in [-0.3, -0.25) is 9.69 Å². The Morgan fingerprint density at radius 3 is 2.74 bits per heavy atom. The van der Waals surface area contributed by atoms with Crippen molar-refractivity contribution in [3.63, 3.8) is 0 Å². The van der Waals surface area contributed by atoms with Crippen LogP contribution in [0.15, 0.2) is 42.5 Å². The number of carbonyl (C=O) groups excluding carboxylic acids is 1. The second kappa shape index (κ2) is 8.77. The summed E-state index contributed by atoms with van der Waals surface area (Å²) in [5.41, 5.74) is 7.47. The Bertz CT molecular complexity index is 794. The Labute approximate surface area is 159 Å². The van der Waals surface area contributed by atoms with Gasteiger partial charge in [0.1, 0.15) is 5.75 Å². The first-order valence-electron chi connectivity index (χ1n) is 9.04. The molecule has 1 aliphatic heterocycles. The van der Waals surface area contributed by atoms with Crippen LogP contribution in [-0.2, 0) is 11.3 Å². The molecule has 1 fully saturated rings. The molecule has 27 heavy (non-hydrogen) atoms. The van der Waals surface area contributed by atoms with Crippen LogP contribution in [0, 0.1) is 0 Å². The molecule has 1 amide bonds. The third-order valence-electron chi connectivity index (χ3n) is 4.83. The maximum Gasteiger partial charge on any atom is 0.255 e. The van der Waals surface area contributed by atoms with Gasteiger partial charge in [-0.15, -0.1) is 0 Å². The van der Waals surface area contributed by atoms with Gasteiger partial charge < -0.3 is 19.9 Å². The Morgan fingerprint density at radius 2 is 2.00 bits per heavy atom. The number of nitrogens with two attached hydrogens (primary N) is 1. The first kappa shape index (κ1) is 19.0. The van der Waals surface area contributed by atoms with Crippen LogP contribution in [0.1, 0.15) is 23.5 Å². The number of likely N-dealkylation sites (tertiary alicyclic amines) is 1. The van der Waals surface area contributed by atoms with E-state index in [1.807, 2.05) is 30.3 Å². The van der Waals surface area contributed by atoms with Crippen molar-refractivity contribution in [2.45, 2.75) is 18.9 Å². The quantitative estimate of drug-likeness (QED) is 0.773. The highest BCUT2D eigenvalue weighted by molar-refractivity contribution is 5.75. The van der Waals surface area contributed by atoms with Gasteiger partial charge in [0.15, 0.2) is 18.1 Å². The number of hydrogen-bond donors (Lipinski definition) is 1. The van der Waals surface area contributed by atoms with Crippen molar-refractivity contribution in [3.05, 3.63) is 53.6 Å². The van der Waals surface area contributed by atoms with Crippen molar-refractivity contribution in [3.8, 4) is 17.2 Å². The number of ether oxygens (including phenoxy) is 3. The molecule has 6 nitrogen and oxygen atoms in total. The lowest BCUT2D eigenvalue weighted by Crippen LogP contribution is -2.21. The van der Waals surface area contributed by atoms with Crippen molar-refractivity contribution in [2.24, 2.45) is 5.73 Å². The summed E-state index contributed by atoms with van der Waals surface area (Å²) in [6.45, 7) is 2.69. The molecule has 3 rings (SSSR count). The number of para-hydroxylation sites is 1.